The third-order valence-electron chi connectivity index (χ3n) is 5.71. The average molecular weight is 494 g/mol. The Labute approximate surface area is 215 Å². The van der Waals surface area contributed by atoms with E-state index in [0.29, 0.717) is 41.2 Å². The Morgan fingerprint density at radius 2 is 1.27 bits per heavy atom. The fraction of sp³-hybridized carbons (Fsp3) is 0.100. The molecule has 186 valence electrons. The van der Waals surface area contributed by atoms with Crippen molar-refractivity contribution in [3.8, 4) is 5.75 Å². The van der Waals surface area contributed by atoms with Crippen molar-refractivity contribution in [2.45, 2.75) is 13.3 Å². The van der Waals surface area contributed by atoms with E-state index in [9.17, 15) is 14.4 Å². The second-order valence-corrected chi connectivity index (χ2v) is 8.33. The lowest BCUT2D eigenvalue weighted by Crippen LogP contribution is -2.41. The van der Waals surface area contributed by atoms with Crippen LogP contribution < -0.4 is 20.9 Å². The maximum atomic E-state index is 12.7. The number of carbonyl (C=O) groups excluding carboxylic acids is 3. The minimum Gasteiger partial charge on any atom is -0.492 e. The molecule has 0 fully saturated rings. The number of carbonyl (C=O) groups is 3. The zero-order valence-corrected chi connectivity index (χ0v) is 20.4. The van der Waals surface area contributed by atoms with Crippen molar-refractivity contribution in [2.24, 2.45) is 0 Å². The molecule has 4 aromatic rings. The van der Waals surface area contributed by atoms with E-state index in [1.54, 1.807) is 60.7 Å². The Morgan fingerprint density at radius 1 is 0.649 bits per heavy atom. The predicted octanol–water partition coefficient (Wildman–Crippen LogP) is 4.94. The van der Waals surface area contributed by atoms with Gasteiger partial charge in [-0.15, -0.1) is 0 Å². The highest BCUT2D eigenvalue weighted by Gasteiger charge is 2.14. The van der Waals surface area contributed by atoms with Gasteiger partial charge >= 0.3 is 0 Å². The van der Waals surface area contributed by atoms with Crippen molar-refractivity contribution in [3.63, 3.8) is 0 Å². The number of anilines is 1. The summed E-state index contributed by atoms with van der Waals surface area (Å²) in [4.78, 5) is 37.8. The van der Waals surface area contributed by atoms with Crippen molar-refractivity contribution in [3.05, 3.63) is 131 Å². The fourth-order valence-electron chi connectivity index (χ4n) is 3.69. The Morgan fingerprint density at radius 3 is 2.00 bits per heavy atom. The summed E-state index contributed by atoms with van der Waals surface area (Å²) in [7, 11) is 0. The highest BCUT2D eigenvalue weighted by atomic mass is 16.5. The summed E-state index contributed by atoms with van der Waals surface area (Å²) in [5.74, 6) is -0.787. The topological polar surface area (TPSA) is 96.5 Å². The predicted molar refractivity (Wildman–Crippen MR) is 143 cm³/mol. The van der Waals surface area contributed by atoms with E-state index in [2.05, 4.69) is 16.2 Å². The summed E-state index contributed by atoms with van der Waals surface area (Å²) in [6.07, 6.45) is 0.703. The molecule has 4 aromatic carbocycles. The molecule has 3 amide bonds. The maximum absolute atomic E-state index is 12.7. The van der Waals surface area contributed by atoms with Crippen LogP contribution in [-0.4, -0.2) is 24.3 Å². The molecule has 7 nitrogen and oxygen atoms in total. The van der Waals surface area contributed by atoms with Crippen molar-refractivity contribution in [2.75, 3.05) is 11.9 Å². The number of para-hydroxylation sites is 1. The fourth-order valence-corrected chi connectivity index (χ4v) is 3.69. The molecule has 37 heavy (non-hydrogen) atoms. The number of hydrogen-bond acceptors (Lipinski definition) is 4. The second kappa shape index (κ2) is 12.2. The highest BCUT2D eigenvalue weighted by Crippen LogP contribution is 2.18. The monoisotopic (exact) mass is 493 g/mol. The van der Waals surface area contributed by atoms with E-state index in [0.717, 1.165) is 11.1 Å². The summed E-state index contributed by atoms with van der Waals surface area (Å²) in [6, 6.07) is 30.5. The van der Waals surface area contributed by atoms with Gasteiger partial charge in [-0.3, -0.25) is 25.2 Å². The van der Waals surface area contributed by atoms with Crippen LogP contribution in [0.3, 0.4) is 0 Å². The lowest BCUT2D eigenvalue weighted by Gasteiger charge is -2.13. The molecule has 0 spiro atoms. The Bertz CT molecular complexity index is 1390. The molecular formula is C30H27N3O4. The van der Waals surface area contributed by atoms with E-state index >= 15 is 0 Å². The number of hydrazine groups is 1. The number of aryl methyl sites for hydroxylation is 1. The molecule has 0 atom stereocenters. The van der Waals surface area contributed by atoms with E-state index in [1.807, 2.05) is 49.4 Å². The van der Waals surface area contributed by atoms with Crippen molar-refractivity contribution in [1.29, 1.82) is 0 Å². The molecule has 0 aliphatic heterocycles. The van der Waals surface area contributed by atoms with Crippen molar-refractivity contribution in [1.82, 2.24) is 10.9 Å². The zero-order chi connectivity index (χ0) is 26.0. The Balaban J connectivity index is 1.30. The molecule has 0 aliphatic rings. The maximum Gasteiger partial charge on any atom is 0.273 e. The molecule has 3 N–H and O–H groups in total. The smallest absolute Gasteiger partial charge is 0.273 e. The number of hydrogen-bond donors (Lipinski definition) is 3. The molecule has 0 heterocycles. The van der Waals surface area contributed by atoms with Gasteiger partial charge in [0.05, 0.1) is 12.2 Å². The van der Waals surface area contributed by atoms with E-state index in [4.69, 9.17) is 4.74 Å². The van der Waals surface area contributed by atoms with Gasteiger partial charge in [-0.2, -0.15) is 0 Å². The van der Waals surface area contributed by atoms with Crippen LogP contribution in [-0.2, 0) is 6.42 Å². The first kappa shape index (κ1) is 25.2. The first-order valence-corrected chi connectivity index (χ1v) is 11.8. The molecule has 0 unspecified atom stereocenters. The molecule has 7 heteroatoms. The summed E-state index contributed by atoms with van der Waals surface area (Å²) < 4.78 is 5.83. The highest BCUT2D eigenvalue weighted by molar-refractivity contribution is 6.05. The first-order chi connectivity index (χ1) is 18.0. The number of ether oxygens (including phenoxy) is 1. The largest absolute Gasteiger partial charge is 0.492 e. The third kappa shape index (κ3) is 6.82. The van der Waals surface area contributed by atoms with Crippen LogP contribution in [0.2, 0.25) is 0 Å². The van der Waals surface area contributed by atoms with Crippen LogP contribution in [0.25, 0.3) is 0 Å². The van der Waals surface area contributed by atoms with Gasteiger partial charge in [-0.25, -0.2) is 0 Å². The van der Waals surface area contributed by atoms with Crippen LogP contribution in [0.4, 0.5) is 5.69 Å². The summed E-state index contributed by atoms with van der Waals surface area (Å²) in [5, 5.41) is 2.82. The van der Waals surface area contributed by atoms with Gasteiger partial charge in [-0.1, -0.05) is 60.7 Å². The van der Waals surface area contributed by atoms with Crippen LogP contribution >= 0.6 is 0 Å². The third-order valence-corrected chi connectivity index (χ3v) is 5.71. The zero-order valence-electron chi connectivity index (χ0n) is 20.4. The van der Waals surface area contributed by atoms with Gasteiger partial charge in [-0.05, 0) is 60.5 Å². The number of rotatable bonds is 8. The van der Waals surface area contributed by atoms with Gasteiger partial charge in [0.15, 0.2) is 0 Å². The summed E-state index contributed by atoms with van der Waals surface area (Å²) in [6.45, 7) is 2.28. The lowest BCUT2D eigenvalue weighted by atomic mass is 10.1. The number of amides is 3. The van der Waals surface area contributed by atoms with Gasteiger partial charge in [0, 0.05) is 23.2 Å². The molecule has 0 bridgehead atoms. The minimum absolute atomic E-state index is 0.229. The molecule has 4 rings (SSSR count). The van der Waals surface area contributed by atoms with Gasteiger partial charge < -0.3 is 10.1 Å². The van der Waals surface area contributed by atoms with E-state index in [-0.39, 0.29) is 5.91 Å². The van der Waals surface area contributed by atoms with Crippen LogP contribution in [0, 0.1) is 6.92 Å². The summed E-state index contributed by atoms with van der Waals surface area (Å²) in [5.41, 5.74) is 8.62. The van der Waals surface area contributed by atoms with Crippen molar-refractivity contribution < 1.29 is 19.1 Å². The van der Waals surface area contributed by atoms with Crippen LogP contribution in [0.1, 0.15) is 42.2 Å². The Kier molecular flexibility index (Phi) is 8.29. The normalized spacial score (nSPS) is 10.3. The first-order valence-electron chi connectivity index (χ1n) is 11.8. The van der Waals surface area contributed by atoms with E-state index < -0.39 is 11.8 Å². The average Bonchev–Trinajstić information content (AvgIpc) is 2.93. The van der Waals surface area contributed by atoms with Gasteiger partial charge in [0.25, 0.3) is 17.7 Å². The quantitative estimate of drug-likeness (QED) is 0.303. The molecule has 0 radical (unpaired) electrons. The van der Waals surface area contributed by atoms with Crippen LogP contribution in [0.5, 0.6) is 5.75 Å². The minimum atomic E-state index is -0.495. The summed E-state index contributed by atoms with van der Waals surface area (Å²) >= 11 is 0. The van der Waals surface area contributed by atoms with E-state index in [1.165, 1.54) is 0 Å². The van der Waals surface area contributed by atoms with Crippen molar-refractivity contribution >= 4 is 23.4 Å². The second-order valence-electron chi connectivity index (χ2n) is 8.33. The number of nitrogens with one attached hydrogen (secondary N) is 3. The van der Waals surface area contributed by atoms with Gasteiger partial charge in [0.1, 0.15) is 5.75 Å². The molecule has 0 saturated heterocycles. The SMILES string of the molecule is Cc1ccccc1C(=O)Nc1ccc(C(=O)NNC(=O)c2ccccc2OCCc2ccccc2)cc1. The Hall–Kier alpha value is -4.91. The molecule has 0 aromatic heterocycles. The molecule has 0 aliphatic carbocycles. The molecular weight excluding hydrogens is 466 g/mol. The standard InChI is InChI=1S/C30H27N3O4/c1-21-9-5-6-12-25(21)29(35)31-24-17-15-23(16-18-24)28(34)32-33-30(36)26-13-7-8-14-27(26)37-20-19-22-10-3-2-4-11-22/h2-18H,19-20H2,1H3,(H,31,35)(H,32,34)(H,33,36). The number of benzene rings is 4. The van der Waals surface area contributed by atoms with Gasteiger partial charge in [0.2, 0.25) is 0 Å². The van der Waals surface area contributed by atoms with Crippen LogP contribution in [0.15, 0.2) is 103 Å². The lowest BCUT2D eigenvalue weighted by molar-refractivity contribution is 0.0844. The molecule has 0 saturated carbocycles.